The van der Waals surface area contributed by atoms with Crippen LogP contribution in [0.2, 0.25) is 0 Å². The van der Waals surface area contributed by atoms with Crippen molar-refractivity contribution < 1.29 is 9.47 Å². The molecule has 1 spiro atoms. The third-order valence-electron chi connectivity index (χ3n) is 3.77. The van der Waals surface area contributed by atoms with Crippen LogP contribution in [0.15, 0.2) is 4.99 Å². The number of rotatable bonds is 2. The van der Waals surface area contributed by atoms with E-state index in [9.17, 15) is 0 Å². The van der Waals surface area contributed by atoms with Gasteiger partial charge in [0, 0.05) is 41.0 Å². The van der Waals surface area contributed by atoms with E-state index in [0.29, 0.717) is 13.2 Å². The fourth-order valence-electron chi connectivity index (χ4n) is 2.93. The number of hydrogen-bond donors (Lipinski definition) is 0. The van der Waals surface area contributed by atoms with Crippen molar-refractivity contribution in [2.45, 2.75) is 44.0 Å². The van der Waals surface area contributed by atoms with E-state index in [1.54, 1.807) is 0 Å². The van der Waals surface area contributed by atoms with Gasteiger partial charge in [0.25, 0.3) is 0 Å². The van der Waals surface area contributed by atoms with Gasteiger partial charge < -0.3 is 19.3 Å². The monoisotopic (exact) mass is 397 g/mol. The fourth-order valence-corrected chi connectivity index (χ4v) is 2.93. The van der Waals surface area contributed by atoms with Crippen LogP contribution in [-0.2, 0) is 9.47 Å². The van der Waals surface area contributed by atoms with Gasteiger partial charge in [-0.15, -0.1) is 24.0 Å². The lowest BCUT2D eigenvalue weighted by atomic mass is 9.94. The maximum absolute atomic E-state index is 6.13. The molecule has 1 saturated heterocycles. The van der Waals surface area contributed by atoms with E-state index < -0.39 is 0 Å². The van der Waals surface area contributed by atoms with Crippen molar-refractivity contribution in [3.63, 3.8) is 0 Å². The summed E-state index contributed by atoms with van der Waals surface area (Å²) in [7, 11) is 8.03. The second kappa shape index (κ2) is 7.79. The molecule has 0 amide bonds. The van der Waals surface area contributed by atoms with Gasteiger partial charge in [0.15, 0.2) is 11.7 Å². The first-order valence-corrected chi connectivity index (χ1v) is 7.23. The zero-order valence-electron chi connectivity index (χ0n) is 13.1. The summed E-state index contributed by atoms with van der Waals surface area (Å²) in [5, 5.41) is 0. The Kier molecular flexibility index (Phi) is 7.00. The summed E-state index contributed by atoms with van der Waals surface area (Å²) < 4.78 is 12.1. The molecule has 0 radical (unpaired) electrons. The summed E-state index contributed by atoms with van der Waals surface area (Å²) in [6.45, 7) is 1.35. The van der Waals surface area contributed by atoms with Crippen molar-refractivity contribution in [3.05, 3.63) is 0 Å². The molecule has 1 atom stereocenters. The molecule has 6 heteroatoms. The summed E-state index contributed by atoms with van der Waals surface area (Å²) in [6, 6.07) is 0. The third-order valence-corrected chi connectivity index (χ3v) is 3.77. The van der Waals surface area contributed by atoms with Gasteiger partial charge in [0.2, 0.25) is 0 Å². The van der Waals surface area contributed by atoms with Gasteiger partial charge in [-0.25, -0.2) is 0 Å². The van der Waals surface area contributed by atoms with Gasteiger partial charge in [-0.3, -0.25) is 4.99 Å². The van der Waals surface area contributed by atoms with E-state index in [2.05, 4.69) is 4.99 Å². The topological polar surface area (TPSA) is 37.3 Å². The number of guanidine groups is 1. The molecule has 1 saturated carbocycles. The molecule has 5 nitrogen and oxygen atoms in total. The van der Waals surface area contributed by atoms with Crippen molar-refractivity contribution >= 4 is 29.9 Å². The van der Waals surface area contributed by atoms with Crippen molar-refractivity contribution in [2.75, 3.05) is 41.3 Å². The fraction of sp³-hybridized carbons (Fsp3) is 0.929. The number of aliphatic imine (C=N–C) groups is 1. The average Bonchev–Trinajstić information content (AvgIpc) is 2.72. The zero-order valence-corrected chi connectivity index (χ0v) is 15.4. The van der Waals surface area contributed by atoms with Gasteiger partial charge >= 0.3 is 0 Å². The molecule has 1 aliphatic heterocycles. The first kappa shape index (κ1) is 18.0. The normalized spacial score (nSPS) is 24.1. The zero-order chi connectivity index (χ0) is 13.9. The van der Waals surface area contributed by atoms with Crippen molar-refractivity contribution in [1.82, 2.24) is 9.80 Å². The minimum Gasteiger partial charge on any atom is -0.349 e. The molecule has 0 aromatic heterocycles. The first-order chi connectivity index (χ1) is 9.02. The van der Waals surface area contributed by atoms with E-state index in [1.807, 2.05) is 38.0 Å². The van der Waals surface area contributed by atoms with Crippen LogP contribution in [0.1, 0.15) is 32.1 Å². The predicted molar refractivity (Wildman–Crippen MR) is 91.7 cm³/mol. The van der Waals surface area contributed by atoms with Crippen LogP contribution >= 0.6 is 24.0 Å². The van der Waals surface area contributed by atoms with Crippen LogP contribution in [0.5, 0.6) is 0 Å². The number of hydrogen-bond acceptors (Lipinski definition) is 3. The van der Waals surface area contributed by atoms with Gasteiger partial charge in [-0.05, 0) is 12.8 Å². The van der Waals surface area contributed by atoms with Crippen LogP contribution in [0.3, 0.4) is 0 Å². The summed E-state index contributed by atoms with van der Waals surface area (Å²) in [5.41, 5.74) is 0. The number of halogens is 1. The van der Waals surface area contributed by atoms with Gasteiger partial charge in [-0.2, -0.15) is 0 Å². The van der Waals surface area contributed by atoms with E-state index in [1.165, 1.54) is 19.3 Å². The molecule has 0 aromatic carbocycles. The second-order valence-corrected chi connectivity index (χ2v) is 5.95. The van der Waals surface area contributed by atoms with Gasteiger partial charge in [0.1, 0.15) is 6.10 Å². The highest BCUT2D eigenvalue weighted by Crippen LogP contribution is 2.37. The first-order valence-electron chi connectivity index (χ1n) is 7.23. The van der Waals surface area contributed by atoms with Crippen LogP contribution in [0.4, 0.5) is 0 Å². The Bertz CT molecular complexity index is 318. The molecule has 2 fully saturated rings. The molecule has 2 rings (SSSR count). The summed E-state index contributed by atoms with van der Waals surface area (Å²) in [4.78, 5) is 8.69. The Hall–Kier alpha value is -0.0800. The van der Waals surface area contributed by atoms with Crippen LogP contribution in [0, 0.1) is 0 Å². The Balaban J connectivity index is 0.00000200. The predicted octanol–water partition coefficient (Wildman–Crippen LogP) is 2.16. The Morgan fingerprint density at radius 1 is 1.10 bits per heavy atom. The summed E-state index contributed by atoms with van der Waals surface area (Å²) >= 11 is 0. The highest BCUT2D eigenvalue weighted by Gasteiger charge is 2.42. The molecule has 0 N–H and O–H groups in total. The Morgan fingerprint density at radius 2 is 1.70 bits per heavy atom. The average molecular weight is 397 g/mol. The Labute approximate surface area is 139 Å². The lowest BCUT2D eigenvalue weighted by Gasteiger charge is -2.31. The van der Waals surface area contributed by atoms with Gasteiger partial charge in [-0.1, -0.05) is 6.42 Å². The standard InChI is InChI=1S/C14H27N3O2.HI/c1-16(2)13(17(3)4)15-10-12-11-18-14(19-12)8-6-5-7-9-14;/h12H,5-11H2,1-4H3;1H. The molecule has 0 aromatic rings. The quantitative estimate of drug-likeness (QED) is 0.407. The maximum Gasteiger partial charge on any atom is 0.195 e. The highest BCUT2D eigenvalue weighted by molar-refractivity contribution is 14.0. The van der Waals surface area contributed by atoms with Crippen molar-refractivity contribution in [2.24, 2.45) is 4.99 Å². The second-order valence-electron chi connectivity index (χ2n) is 5.95. The molecule has 1 unspecified atom stereocenters. The third kappa shape index (κ3) is 4.46. The summed E-state index contributed by atoms with van der Waals surface area (Å²) in [5.74, 6) is 0.683. The van der Waals surface area contributed by atoms with E-state index in [0.717, 1.165) is 18.8 Å². The lowest BCUT2D eigenvalue weighted by molar-refractivity contribution is -0.186. The van der Waals surface area contributed by atoms with Crippen LogP contribution < -0.4 is 0 Å². The summed E-state index contributed by atoms with van der Waals surface area (Å²) in [6.07, 6.45) is 5.94. The largest absolute Gasteiger partial charge is 0.349 e. The maximum atomic E-state index is 6.13. The molecular weight excluding hydrogens is 369 g/mol. The van der Waals surface area contributed by atoms with Crippen LogP contribution in [-0.4, -0.2) is 69.0 Å². The Morgan fingerprint density at radius 3 is 2.25 bits per heavy atom. The molecule has 118 valence electrons. The van der Waals surface area contributed by atoms with Crippen molar-refractivity contribution in [1.29, 1.82) is 0 Å². The van der Waals surface area contributed by atoms with Crippen LogP contribution in [0.25, 0.3) is 0 Å². The van der Waals surface area contributed by atoms with E-state index >= 15 is 0 Å². The molecule has 1 aliphatic carbocycles. The van der Waals surface area contributed by atoms with E-state index in [4.69, 9.17) is 9.47 Å². The molecule has 0 bridgehead atoms. The SMILES string of the molecule is CN(C)C(=NCC1COC2(CCCCC2)O1)N(C)C.I. The molecule has 20 heavy (non-hydrogen) atoms. The van der Waals surface area contributed by atoms with E-state index in [-0.39, 0.29) is 35.9 Å². The highest BCUT2D eigenvalue weighted by atomic mass is 127. The number of ether oxygens (including phenoxy) is 2. The minimum atomic E-state index is -0.283. The minimum absolute atomic E-state index is 0. The molecular formula is C14H28IN3O2. The number of nitrogens with zero attached hydrogens (tertiary/aromatic N) is 3. The molecule has 2 aliphatic rings. The van der Waals surface area contributed by atoms with Gasteiger partial charge in [0.05, 0.1) is 13.2 Å². The van der Waals surface area contributed by atoms with Crippen molar-refractivity contribution in [3.8, 4) is 0 Å². The smallest absolute Gasteiger partial charge is 0.195 e. The lowest BCUT2D eigenvalue weighted by Crippen LogP contribution is -2.37. The molecule has 1 heterocycles.